The van der Waals surface area contributed by atoms with E-state index in [4.69, 9.17) is 4.74 Å². The van der Waals surface area contributed by atoms with Crippen molar-refractivity contribution in [2.45, 2.75) is 46.2 Å². The third-order valence-corrected chi connectivity index (χ3v) is 4.85. The third-order valence-electron chi connectivity index (χ3n) is 4.85. The first-order chi connectivity index (χ1) is 14.6. The summed E-state index contributed by atoms with van der Waals surface area (Å²) >= 11 is 0. The van der Waals surface area contributed by atoms with Crippen molar-refractivity contribution in [3.63, 3.8) is 0 Å². The lowest BCUT2D eigenvalue weighted by Gasteiger charge is -2.13. The summed E-state index contributed by atoms with van der Waals surface area (Å²) in [5.41, 5.74) is 2.89. The van der Waals surface area contributed by atoms with Crippen LogP contribution in [-0.4, -0.2) is 38.1 Å². The summed E-state index contributed by atoms with van der Waals surface area (Å²) in [7, 11) is 1.69. The van der Waals surface area contributed by atoms with Gasteiger partial charge < -0.3 is 20.7 Å². The SMILES string of the molecule is CCNC(=NCc1ccc(C(=O)NC(C)CC)cc1)NCCc1ccccc1OC.I. The van der Waals surface area contributed by atoms with E-state index >= 15 is 0 Å². The lowest BCUT2D eigenvalue weighted by molar-refractivity contribution is 0.0939. The summed E-state index contributed by atoms with van der Waals surface area (Å²) < 4.78 is 5.41. The molecule has 0 aliphatic rings. The maximum Gasteiger partial charge on any atom is 0.251 e. The first kappa shape index (κ1) is 26.7. The minimum absolute atomic E-state index is 0. The first-order valence-corrected chi connectivity index (χ1v) is 10.6. The van der Waals surface area contributed by atoms with Crippen molar-refractivity contribution in [2.24, 2.45) is 4.99 Å². The molecule has 0 spiro atoms. The van der Waals surface area contributed by atoms with Crippen molar-refractivity contribution in [3.8, 4) is 5.75 Å². The number of nitrogens with zero attached hydrogens (tertiary/aromatic N) is 1. The Morgan fingerprint density at radius 1 is 1.06 bits per heavy atom. The molecular formula is C24H35IN4O2. The van der Waals surface area contributed by atoms with E-state index in [-0.39, 0.29) is 35.9 Å². The van der Waals surface area contributed by atoms with Gasteiger partial charge >= 0.3 is 0 Å². The zero-order valence-electron chi connectivity index (χ0n) is 18.9. The number of ether oxygens (including phenoxy) is 1. The monoisotopic (exact) mass is 538 g/mol. The van der Waals surface area contributed by atoms with Crippen LogP contribution in [0.25, 0.3) is 0 Å². The maximum atomic E-state index is 12.2. The van der Waals surface area contributed by atoms with Crippen LogP contribution >= 0.6 is 24.0 Å². The van der Waals surface area contributed by atoms with Gasteiger partial charge in [-0.2, -0.15) is 0 Å². The van der Waals surface area contributed by atoms with Crippen LogP contribution in [0.2, 0.25) is 0 Å². The van der Waals surface area contributed by atoms with E-state index in [1.54, 1.807) is 7.11 Å². The van der Waals surface area contributed by atoms with Crippen LogP contribution in [0.15, 0.2) is 53.5 Å². The van der Waals surface area contributed by atoms with Gasteiger partial charge in [-0.3, -0.25) is 4.79 Å². The molecule has 0 aromatic heterocycles. The Hall–Kier alpha value is -2.29. The van der Waals surface area contributed by atoms with Gasteiger partial charge in [-0.05, 0) is 56.0 Å². The summed E-state index contributed by atoms with van der Waals surface area (Å²) in [4.78, 5) is 16.8. The van der Waals surface area contributed by atoms with E-state index in [9.17, 15) is 4.79 Å². The average molecular weight is 538 g/mol. The number of carbonyl (C=O) groups excluding carboxylic acids is 1. The van der Waals surface area contributed by atoms with Gasteiger partial charge in [0.2, 0.25) is 0 Å². The molecular weight excluding hydrogens is 503 g/mol. The minimum Gasteiger partial charge on any atom is -0.496 e. The largest absolute Gasteiger partial charge is 0.496 e. The number of benzene rings is 2. The fourth-order valence-corrected chi connectivity index (χ4v) is 2.91. The van der Waals surface area contributed by atoms with Gasteiger partial charge in [-0.1, -0.05) is 37.3 Å². The number of aliphatic imine (C=N–C) groups is 1. The lowest BCUT2D eigenvalue weighted by Crippen LogP contribution is -2.38. The molecule has 0 aliphatic heterocycles. The highest BCUT2D eigenvalue weighted by Crippen LogP contribution is 2.17. The quantitative estimate of drug-likeness (QED) is 0.242. The number of nitrogens with one attached hydrogen (secondary N) is 3. The van der Waals surface area contributed by atoms with E-state index in [0.717, 1.165) is 48.8 Å². The molecule has 6 nitrogen and oxygen atoms in total. The predicted octanol–water partition coefficient (Wildman–Crippen LogP) is 4.14. The Bertz CT molecular complexity index is 825. The zero-order valence-corrected chi connectivity index (χ0v) is 21.2. The topological polar surface area (TPSA) is 74.8 Å². The van der Waals surface area contributed by atoms with Crippen molar-refractivity contribution in [2.75, 3.05) is 20.2 Å². The second kappa shape index (κ2) is 14.7. The molecule has 0 heterocycles. The second-order valence-electron chi connectivity index (χ2n) is 7.16. The van der Waals surface area contributed by atoms with E-state index < -0.39 is 0 Å². The fourth-order valence-electron chi connectivity index (χ4n) is 2.91. The van der Waals surface area contributed by atoms with Crippen LogP contribution in [0.1, 0.15) is 48.7 Å². The second-order valence-corrected chi connectivity index (χ2v) is 7.16. The highest BCUT2D eigenvalue weighted by atomic mass is 127. The van der Waals surface area contributed by atoms with E-state index in [1.807, 2.05) is 56.3 Å². The number of para-hydroxylation sites is 1. The number of hydrogen-bond acceptors (Lipinski definition) is 3. The van der Waals surface area contributed by atoms with Crippen LogP contribution < -0.4 is 20.7 Å². The molecule has 0 saturated heterocycles. The minimum atomic E-state index is -0.0363. The highest BCUT2D eigenvalue weighted by Gasteiger charge is 2.08. The van der Waals surface area contributed by atoms with Gasteiger partial charge in [0.05, 0.1) is 13.7 Å². The number of hydrogen-bond donors (Lipinski definition) is 3. The Kier molecular flexibility index (Phi) is 12.7. The van der Waals surface area contributed by atoms with E-state index in [1.165, 1.54) is 0 Å². The normalized spacial score (nSPS) is 11.8. The molecule has 1 unspecified atom stereocenters. The summed E-state index contributed by atoms with van der Waals surface area (Å²) in [5.74, 6) is 1.63. The summed E-state index contributed by atoms with van der Waals surface area (Å²) in [6.45, 7) is 8.18. The molecule has 2 rings (SSSR count). The maximum absolute atomic E-state index is 12.2. The molecule has 1 amide bonds. The van der Waals surface area contributed by atoms with Crippen LogP contribution in [0, 0.1) is 0 Å². The van der Waals surface area contributed by atoms with E-state index in [0.29, 0.717) is 12.1 Å². The van der Waals surface area contributed by atoms with Crippen LogP contribution in [0.5, 0.6) is 5.75 Å². The molecule has 170 valence electrons. The molecule has 2 aromatic carbocycles. The molecule has 0 fully saturated rings. The Balaban J connectivity index is 0.00000480. The standard InChI is InChI=1S/C24H34N4O2.HI/c1-5-18(3)28-23(29)21-13-11-19(12-14-21)17-27-24(25-6-2)26-16-15-20-9-7-8-10-22(20)30-4;/h7-14,18H,5-6,15-17H2,1-4H3,(H,28,29)(H2,25,26,27);1H. The van der Waals surface area contributed by atoms with Crippen LogP contribution in [0.4, 0.5) is 0 Å². The summed E-state index contributed by atoms with van der Waals surface area (Å²) in [6, 6.07) is 15.8. The van der Waals surface area contributed by atoms with Crippen molar-refractivity contribution >= 4 is 35.8 Å². The van der Waals surface area contributed by atoms with Gasteiger partial charge in [0.15, 0.2) is 5.96 Å². The Labute approximate surface area is 203 Å². The molecule has 0 saturated carbocycles. The third kappa shape index (κ3) is 9.16. The number of rotatable bonds is 10. The van der Waals surface area contributed by atoms with Gasteiger partial charge in [-0.15, -0.1) is 24.0 Å². The number of methoxy groups -OCH3 is 1. The van der Waals surface area contributed by atoms with Gasteiger partial charge in [0, 0.05) is 24.7 Å². The lowest BCUT2D eigenvalue weighted by atomic mass is 10.1. The summed E-state index contributed by atoms with van der Waals surface area (Å²) in [6.07, 6.45) is 1.75. The smallest absolute Gasteiger partial charge is 0.251 e. The Morgan fingerprint density at radius 3 is 2.42 bits per heavy atom. The van der Waals surface area contributed by atoms with Crippen molar-refractivity contribution in [1.82, 2.24) is 16.0 Å². The molecule has 0 bridgehead atoms. The Morgan fingerprint density at radius 2 is 1.77 bits per heavy atom. The van der Waals surface area contributed by atoms with Crippen molar-refractivity contribution in [1.29, 1.82) is 0 Å². The molecule has 2 aromatic rings. The van der Waals surface area contributed by atoms with Crippen molar-refractivity contribution in [3.05, 3.63) is 65.2 Å². The molecule has 3 N–H and O–H groups in total. The number of halogens is 1. The number of guanidine groups is 1. The average Bonchev–Trinajstić information content (AvgIpc) is 2.78. The summed E-state index contributed by atoms with van der Waals surface area (Å²) in [5, 5.41) is 9.62. The number of amides is 1. The molecule has 0 aliphatic carbocycles. The number of carbonyl (C=O) groups is 1. The zero-order chi connectivity index (χ0) is 21.8. The molecule has 7 heteroatoms. The van der Waals surface area contributed by atoms with Gasteiger partial charge in [0.25, 0.3) is 5.91 Å². The highest BCUT2D eigenvalue weighted by molar-refractivity contribution is 14.0. The van der Waals surface area contributed by atoms with Crippen LogP contribution in [0.3, 0.4) is 0 Å². The van der Waals surface area contributed by atoms with Gasteiger partial charge in [-0.25, -0.2) is 4.99 Å². The molecule has 0 radical (unpaired) electrons. The molecule has 1 atom stereocenters. The van der Waals surface area contributed by atoms with Gasteiger partial charge in [0.1, 0.15) is 5.75 Å². The van der Waals surface area contributed by atoms with E-state index in [2.05, 4.69) is 33.9 Å². The fraction of sp³-hybridized carbons (Fsp3) is 0.417. The van der Waals surface area contributed by atoms with Crippen LogP contribution in [-0.2, 0) is 13.0 Å². The first-order valence-electron chi connectivity index (χ1n) is 10.6. The predicted molar refractivity (Wildman–Crippen MR) is 139 cm³/mol. The van der Waals surface area contributed by atoms with Crippen molar-refractivity contribution < 1.29 is 9.53 Å². The molecule has 31 heavy (non-hydrogen) atoms.